The topological polar surface area (TPSA) is 64.7 Å². The van der Waals surface area contributed by atoms with Crippen LogP contribution < -0.4 is 5.32 Å². The number of benzene rings is 1. The Morgan fingerprint density at radius 1 is 1.22 bits per heavy atom. The van der Waals surface area contributed by atoms with E-state index in [1.54, 1.807) is 10.9 Å². The molecule has 2 heterocycles. The Bertz CT molecular complexity index is 901. The second-order valence-corrected chi connectivity index (χ2v) is 6.07. The number of amides is 1. The Hall–Kier alpha value is -3.10. The molecule has 1 N–H and O–H groups in total. The van der Waals surface area contributed by atoms with Crippen molar-refractivity contribution in [3.05, 3.63) is 66.2 Å². The van der Waals surface area contributed by atoms with Crippen molar-refractivity contribution in [1.82, 2.24) is 19.6 Å². The largest absolute Gasteiger partial charge is 0.435 e. The second-order valence-electron chi connectivity index (χ2n) is 6.07. The maximum atomic E-state index is 12.6. The normalized spacial score (nSPS) is 12.7. The molecular formula is C18H18F3N5O. The number of hydrogen-bond acceptors (Lipinski definition) is 3. The van der Waals surface area contributed by atoms with Gasteiger partial charge in [-0.2, -0.15) is 23.4 Å². The van der Waals surface area contributed by atoms with E-state index in [1.165, 1.54) is 18.7 Å². The first-order chi connectivity index (χ1) is 12.8. The Morgan fingerprint density at radius 3 is 2.63 bits per heavy atom. The number of carbonyl (C=O) groups excluding carboxylic acids is 1. The minimum absolute atomic E-state index is 0.475. The van der Waals surface area contributed by atoms with Crippen LogP contribution in [0.25, 0.3) is 0 Å². The lowest BCUT2D eigenvalue weighted by Crippen LogP contribution is -2.24. The van der Waals surface area contributed by atoms with Gasteiger partial charge in [0.05, 0.1) is 11.9 Å². The molecule has 0 saturated heterocycles. The zero-order valence-corrected chi connectivity index (χ0v) is 14.5. The van der Waals surface area contributed by atoms with E-state index >= 15 is 0 Å². The maximum absolute atomic E-state index is 12.6. The van der Waals surface area contributed by atoms with Gasteiger partial charge in [0.15, 0.2) is 5.69 Å². The molecule has 0 fully saturated rings. The number of rotatable bonds is 6. The fourth-order valence-corrected chi connectivity index (χ4v) is 2.51. The van der Waals surface area contributed by atoms with Gasteiger partial charge in [-0.25, -0.2) is 0 Å². The van der Waals surface area contributed by atoms with Crippen molar-refractivity contribution in [2.75, 3.05) is 5.32 Å². The van der Waals surface area contributed by atoms with E-state index in [-0.39, 0.29) is 0 Å². The summed E-state index contributed by atoms with van der Waals surface area (Å²) in [5, 5.41) is 10.2. The van der Waals surface area contributed by atoms with Gasteiger partial charge in [0.25, 0.3) is 0 Å². The molecule has 0 radical (unpaired) electrons. The van der Waals surface area contributed by atoms with E-state index < -0.39 is 23.8 Å². The molecule has 1 amide bonds. The highest BCUT2D eigenvalue weighted by Gasteiger charge is 2.34. The van der Waals surface area contributed by atoms with E-state index in [0.717, 1.165) is 23.4 Å². The molecule has 1 atom stereocenters. The van der Waals surface area contributed by atoms with Crippen LogP contribution in [0.15, 0.2) is 55.0 Å². The van der Waals surface area contributed by atoms with Crippen LogP contribution in [0.3, 0.4) is 0 Å². The minimum atomic E-state index is -4.54. The third-order valence-electron chi connectivity index (χ3n) is 4.05. The van der Waals surface area contributed by atoms with Crippen molar-refractivity contribution in [1.29, 1.82) is 0 Å². The number of nitrogens with zero attached hydrogens (tertiary/aromatic N) is 4. The molecule has 0 aliphatic rings. The predicted octanol–water partition coefficient (Wildman–Crippen LogP) is 3.54. The molecule has 1 unspecified atom stereocenters. The molecule has 0 bridgehead atoms. The van der Waals surface area contributed by atoms with Crippen LogP contribution in [0.1, 0.15) is 24.2 Å². The van der Waals surface area contributed by atoms with Crippen LogP contribution in [0.5, 0.6) is 0 Å². The third kappa shape index (κ3) is 4.75. The molecule has 0 spiro atoms. The Labute approximate surface area is 153 Å². The molecule has 2 aromatic heterocycles. The van der Waals surface area contributed by atoms with E-state index in [9.17, 15) is 18.0 Å². The Morgan fingerprint density at radius 2 is 1.96 bits per heavy atom. The van der Waals surface area contributed by atoms with Crippen LogP contribution in [0.4, 0.5) is 18.9 Å². The molecule has 0 aliphatic carbocycles. The van der Waals surface area contributed by atoms with Gasteiger partial charge in [-0.05, 0) is 25.0 Å². The molecular weight excluding hydrogens is 359 g/mol. The van der Waals surface area contributed by atoms with Gasteiger partial charge < -0.3 is 5.32 Å². The van der Waals surface area contributed by atoms with Crippen molar-refractivity contribution in [2.45, 2.75) is 32.1 Å². The molecule has 9 heteroatoms. The van der Waals surface area contributed by atoms with E-state index in [1.807, 2.05) is 30.3 Å². The lowest BCUT2D eigenvalue weighted by atomic mass is 10.1. The summed E-state index contributed by atoms with van der Waals surface area (Å²) in [5.41, 5.74) is 0.616. The van der Waals surface area contributed by atoms with E-state index in [0.29, 0.717) is 12.2 Å². The van der Waals surface area contributed by atoms with Crippen LogP contribution in [0.2, 0.25) is 0 Å². The molecule has 6 nitrogen and oxygen atoms in total. The highest BCUT2D eigenvalue weighted by atomic mass is 19.4. The number of hydrogen-bond donors (Lipinski definition) is 1. The zero-order chi connectivity index (χ0) is 19.4. The quantitative estimate of drug-likeness (QED) is 0.715. The zero-order valence-electron chi connectivity index (χ0n) is 14.5. The van der Waals surface area contributed by atoms with Gasteiger partial charge in [0.2, 0.25) is 5.91 Å². The van der Waals surface area contributed by atoms with Crippen LogP contribution in [0, 0.1) is 0 Å². The summed E-state index contributed by atoms with van der Waals surface area (Å²) in [5.74, 6) is -0.477. The lowest BCUT2D eigenvalue weighted by Gasteiger charge is -2.11. The summed E-state index contributed by atoms with van der Waals surface area (Å²) in [6.45, 7) is 2.12. The molecule has 3 aromatic rings. The monoisotopic (exact) mass is 377 g/mol. The van der Waals surface area contributed by atoms with Crippen molar-refractivity contribution >= 4 is 11.6 Å². The fraction of sp³-hybridized carbons (Fsp3) is 0.278. The van der Waals surface area contributed by atoms with Crippen molar-refractivity contribution < 1.29 is 18.0 Å². The highest BCUT2D eigenvalue weighted by molar-refractivity contribution is 5.93. The second kappa shape index (κ2) is 7.65. The fourth-order valence-electron chi connectivity index (χ4n) is 2.51. The summed E-state index contributed by atoms with van der Waals surface area (Å²) >= 11 is 0. The first kappa shape index (κ1) is 18.7. The van der Waals surface area contributed by atoms with Crippen molar-refractivity contribution in [2.24, 2.45) is 0 Å². The number of anilines is 1. The van der Waals surface area contributed by atoms with Crippen LogP contribution >= 0.6 is 0 Å². The molecule has 142 valence electrons. The van der Waals surface area contributed by atoms with Gasteiger partial charge >= 0.3 is 6.18 Å². The Kier molecular flexibility index (Phi) is 5.29. The molecule has 0 saturated carbocycles. The first-order valence-electron chi connectivity index (χ1n) is 8.32. The maximum Gasteiger partial charge on any atom is 0.435 e. The standard InChI is InChI=1S/C18H18F3N5O/c1-13(26-10-8-16(24-26)18(19,20)21)17(27)23-15-11-22-25(12-15)9-7-14-5-3-2-4-6-14/h2-6,8,10-13H,7,9H2,1H3,(H,23,27). The van der Waals surface area contributed by atoms with Gasteiger partial charge in [-0.3, -0.25) is 14.2 Å². The number of carbonyl (C=O) groups is 1. The third-order valence-corrected chi connectivity index (χ3v) is 4.05. The SMILES string of the molecule is CC(C(=O)Nc1cnn(CCc2ccccc2)c1)n1ccc(C(F)(F)F)n1. The molecule has 27 heavy (non-hydrogen) atoms. The van der Waals surface area contributed by atoms with Gasteiger partial charge in [0, 0.05) is 18.9 Å². The van der Waals surface area contributed by atoms with Crippen molar-refractivity contribution in [3.8, 4) is 0 Å². The predicted molar refractivity (Wildman–Crippen MR) is 92.9 cm³/mol. The van der Waals surface area contributed by atoms with Gasteiger partial charge in [-0.15, -0.1) is 0 Å². The summed E-state index contributed by atoms with van der Waals surface area (Å²) in [6, 6.07) is 9.86. The number of nitrogens with one attached hydrogen (secondary N) is 1. The summed E-state index contributed by atoms with van der Waals surface area (Å²) in [6.07, 6.45) is 0.565. The van der Waals surface area contributed by atoms with Crippen molar-refractivity contribution in [3.63, 3.8) is 0 Å². The van der Waals surface area contributed by atoms with Gasteiger partial charge in [-0.1, -0.05) is 30.3 Å². The smallest absolute Gasteiger partial charge is 0.322 e. The average molecular weight is 377 g/mol. The number of halogens is 3. The summed E-state index contributed by atoms with van der Waals surface area (Å²) in [7, 11) is 0. The lowest BCUT2D eigenvalue weighted by molar-refractivity contribution is -0.141. The number of alkyl halides is 3. The average Bonchev–Trinajstić information content (AvgIpc) is 3.29. The number of aryl methyl sites for hydroxylation is 2. The van der Waals surface area contributed by atoms with E-state index in [2.05, 4.69) is 15.5 Å². The highest BCUT2D eigenvalue weighted by Crippen LogP contribution is 2.28. The molecule has 3 rings (SSSR count). The summed E-state index contributed by atoms with van der Waals surface area (Å²) < 4.78 is 40.6. The number of aromatic nitrogens is 4. The van der Waals surface area contributed by atoms with Crippen LogP contribution in [-0.2, 0) is 23.9 Å². The molecule has 1 aromatic carbocycles. The Balaban J connectivity index is 1.58. The van der Waals surface area contributed by atoms with E-state index in [4.69, 9.17) is 0 Å². The van der Waals surface area contributed by atoms with Crippen LogP contribution in [-0.4, -0.2) is 25.5 Å². The summed E-state index contributed by atoms with van der Waals surface area (Å²) in [4.78, 5) is 12.3. The molecule has 0 aliphatic heterocycles. The first-order valence-corrected chi connectivity index (χ1v) is 8.32. The van der Waals surface area contributed by atoms with Gasteiger partial charge in [0.1, 0.15) is 6.04 Å². The minimum Gasteiger partial charge on any atom is -0.322 e.